The summed E-state index contributed by atoms with van der Waals surface area (Å²) in [7, 11) is 0. The van der Waals surface area contributed by atoms with Gasteiger partial charge in [0.05, 0.1) is 5.02 Å². The zero-order chi connectivity index (χ0) is 10.0. The molecule has 0 fully saturated rings. The van der Waals surface area contributed by atoms with E-state index in [4.69, 9.17) is 27.5 Å². The van der Waals surface area contributed by atoms with Crippen molar-refractivity contribution in [3.8, 4) is 5.75 Å². The van der Waals surface area contributed by atoms with Gasteiger partial charge in [0.25, 0.3) is 0 Å². The number of carboxylic acid groups (broad SMARTS) is 1. The Bertz CT molecular complexity index is 340. The van der Waals surface area contributed by atoms with Gasteiger partial charge in [-0.15, -0.1) is 0 Å². The lowest BCUT2D eigenvalue weighted by molar-refractivity contribution is -0.138. The molecule has 1 aromatic carbocycles. The molecule has 5 heteroatoms. The largest absolute Gasteiger partial charge is 0.506 e. The van der Waals surface area contributed by atoms with E-state index in [-0.39, 0.29) is 10.8 Å². The molecule has 0 saturated heterocycles. The van der Waals surface area contributed by atoms with Gasteiger partial charge < -0.3 is 15.9 Å². The van der Waals surface area contributed by atoms with E-state index in [0.717, 1.165) is 0 Å². The highest BCUT2D eigenvalue weighted by atomic mass is 35.5. The van der Waals surface area contributed by atoms with Crippen LogP contribution >= 0.6 is 11.6 Å². The van der Waals surface area contributed by atoms with Gasteiger partial charge in [-0.05, 0) is 17.7 Å². The van der Waals surface area contributed by atoms with E-state index in [1.54, 1.807) is 0 Å². The lowest BCUT2D eigenvalue weighted by Gasteiger charge is -2.07. The molecule has 70 valence electrons. The number of aliphatic carboxylic acids is 1. The third kappa shape index (κ3) is 2.11. The van der Waals surface area contributed by atoms with Gasteiger partial charge in [-0.1, -0.05) is 17.7 Å². The van der Waals surface area contributed by atoms with Gasteiger partial charge in [0, 0.05) is 0 Å². The first-order chi connectivity index (χ1) is 6.02. The van der Waals surface area contributed by atoms with Crippen LogP contribution in [-0.4, -0.2) is 16.2 Å². The third-order valence-corrected chi connectivity index (χ3v) is 1.91. The Kier molecular flexibility index (Phi) is 2.75. The fraction of sp³-hybridized carbons (Fsp3) is 0.125. The topological polar surface area (TPSA) is 83.6 Å². The summed E-state index contributed by atoms with van der Waals surface area (Å²) in [6, 6.07) is 2.96. The molecular formula is C8H8ClNO3. The van der Waals surface area contributed by atoms with Gasteiger partial charge in [0.2, 0.25) is 0 Å². The zero-order valence-electron chi connectivity index (χ0n) is 6.57. The van der Waals surface area contributed by atoms with E-state index in [2.05, 4.69) is 0 Å². The SMILES string of the molecule is NC(C(=O)O)c1ccc(Cl)c(O)c1. The van der Waals surface area contributed by atoms with E-state index in [1.165, 1.54) is 18.2 Å². The fourth-order valence-corrected chi connectivity index (χ4v) is 0.983. The smallest absolute Gasteiger partial charge is 0.325 e. The number of hydrogen-bond donors (Lipinski definition) is 3. The second kappa shape index (κ2) is 3.64. The van der Waals surface area contributed by atoms with Gasteiger partial charge in [-0.3, -0.25) is 4.79 Å². The van der Waals surface area contributed by atoms with Crippen molar-refractivity contribution in [3.05, 3.63) is 28.8 Å². The average Bonchev–Trinajstić information content (AvgIpc) is 2.08. The normalized spacial score (nSPS) is 12.5. The molecule has 0 aliphatic rings. The molecule has 0 radical (unpaired) electrons. The number of rotatable bonds is 2. The lowest BCUT2D eigenvalue weighted by atomic mass is 10.1. The summed E-state index contributed by atoms with van der Waals surface area (Å²) in [5, 5.41) is 17.9. The Morgan fingerprint density at radius 3 is 2.62 bits per heavy atom. The quantitative estimate of drug-likeness (QED) is 0.670. The first-order valence-electron chi connectivity index (χ1n) is 3.49. The highest BCUT2D eigenvalue weighted by Crippen LogP contribution is 2.25. The maximum absolute atomic E-state index is 10.5. The van der Waals surface area contributed by atoms with Crippen LogP contribution in [0, 0.1) is 0 Å². The van der Waals surface area contributed by atoms with Crippen LogP contribution in [0.15, 0.2) is 18.2 Å². The third-order valence-electron chi connectivity index (χ3n) is 1.60. The summed E-state index contributed by atoms with van der Waals surface area (Å²) < 4.78 is 0. The molecule has 1 unspecified atom stereocenters. The molecule has 1 rings (SSSR count). The Morgan fingerprint density at radius 2 is 2.15 bits per heavy atom. The zero-order valence-corrected chi connectivity index (χ0v) is 7.32. The van der Waals surface area contributed by atoms with E-state index in [1.807, 2.05) is 0 Å². The number of aromatic hydroxyl groups is 1. The van der Waals surface area contributed by atoms with Crippen molar-refractivity contribution in [1.82, 2.24) is 0 Å². The van der Waals surface area contributed by atoms with Crippen molar-refractivity contribution >= 4 is 17.6 Å². The second-order valence-corrected chi connectivity index (χ2v) is 2.93. The number of nitrogens with two attached hydrogens (primary N) is 1. The predicted molar refractivity (Wildman–Crippen MR) is 47.7 cm³/mol. The molecular weight excluding hydrogens is 194 g/mol. The van der Waals surface area contributed by atoms with E-state index >= 15 is 0 Å². The van der Waals surface area contributed by atoms with Crippen molar-refractivity contribution < 1.29 is 15.0 Å². The molecule has 0 aliphatic carbocycles. The van der Waals surface area contributed by atoms with Gasteiger partial charge in [-0.25, -0.2) is 0 Å². The minimum Gasteiger partial charge on any atom is -0.506 e. The number of carboxylic acids is 1. The average molecular weight is 202 g/mol. The summed E-state index contributed by atoms with van der Waals surface area (Å²) in [6.45, 7) is 0. The molecule has 1 atom stereocenters. The maximum Gasteiger partial charge on any atom is 0.325 e. The molecule has 1 aromatic rings. The molecule has 4 N–H and O–H groups in total. The molecule has 0 bridgehead atoms. The second-order valence-electron chi connectivity index (χ2n) is 2.53. The van der Waals surface area contributed by atoms with Crippen LogP contribution in [0.3, 0.4) is 0 Å². The summed E-state index contributed by atoms with van der Waals surface area (Å²) in [6.07, 6.45) is 0. The van der Waals surface area contributed by atoms with Crippen molar-refractivity contribution in [3.63, 3.8) is 0 Å². The molecule has 0 saturated carbocycles. The molecule has 4 nitrogen and oxygen atoms in total. The summed E-state index contributed by atoms with van der Waals surface area (Å²) in [5.74, 6) is -1.32. The fourth-order valence-electron chi connectivity index (χ4n) is 0.866. The highest BCUT2D eigenvalue weighted by Gasteiger charge is 2.14. The van der Waals surface area contributed by atoms with Crippen molar-refractivity contribution in [2.75, 3.05) is 0 Å². The summed E-state index contributed by atoms with van der Waals surface area (Å²) in [4.78, 5) is 10.5. The van der Waals surface area contributed by atoms with Crippen molar-refractivity contribution in [1.29, 1.82) is 0 Å². The molecule has 0 heterocycles. The number of phenols is 1. The van der Waals surface area contributed by atoms with E-state index < -0.39 is 12.0 Å². The van der Waals surface area contributed by atoms with Gasteiger partial charge in [-0.2, -0.15) is 0 Å². The molecule has 0 aliphatic heterocycles. The van der Waals surface area contributed by atoms with Crippen LogP contribution in [0.2, 0.25) is 5.02 Å². The Morgan fingerprint density at radius 1 is 1.54 bits per heavy atom. The maximum atomic E-state index is 10.5. The van der Waals surface area contributed by atoms with Crippen LogP contribution in [0.1, 0.15) is 11.6 Å². The minimum atomic E-state index is -1.15. The van der Waals surface area contributed by atoms with Crippen LogP contribution in [0.25, 0.3) is 0 Å². The summed E-state index contributed by atoms with van der Waals surface area (Å²) >= 11 is 5.53. The number of phenolic OH excluding ortho intramolecular Hbond substituents is 1. The van der Waals surface area contributed by atoms with Crippen LogP contribution in [0.5, 0.6) is 5.75 Å². The highest BCUT2D eigenvalue weighted by molar-refractivity contribution is 6.32. The minimum absolute atomic E-state index is 0.168. The van der Waals surface area contributed by atoms with Crippen LogP contribution in [0.4, 0.5) is 0 Å². The first kappa shape index (κ1) is 9.83. The van der Waals surface area contributed by atoms with Gasteiger partial charge in [0.15, 0.2) is 0 Å². The summed E-state index contributed by atoms with van der Waals surface area (Å²) in [5.41, 5.74) is 5.62. The first-order valence-corrected chi connectivity index (χ1v) is 3.87. The molecule has 0 amide bonds. The van der Waals surface area contributed by atoms with E-state index in [0.29, 0.717) is 5.56 Å². The van der Waals surface area contributed by atoms with Crippen molar-refractivity contribution in [2.45, 2.75) is 6.04 Å². The Labute approximate surface area is 79.6 Å². The lowest BCUT2D eigenvalue weighted by Crippen LogP contribution is -2.20. The number of benzene rings is 1. The number of carbonyl (C=O) groups is 1. The number of halogens is 1. The van der Waals surface area contributed by atoms with E-state index in [9.17, 15) is 4.79 Å². The molecule has 0 spiro atoms. The van der Waals surface area contributed by atoms with Crippen LogP contribution < -0.4 is 5.73 Å². The Hall–Kier alpha value is -1.26. The van der Waals surface area contributed by atoms with Crippen molar-refractivity contribution in [2.24, 2.45) is 5.73 Å². The molecule has 13 heavy (non-hydrogen) atoms. The van der Waals surface area contributed by atoms with Gasteiger partial charge >= 0.3 is 5.97 Å². The Balaban J connectivity index is 3.03. The standard InChI is InChI=1S/C8H8ClNO3/c9-5-2-1-4(3-6(5)11)7(10)8(12)13/h1-3,7,11H,10H2,(H,12,13). The monoisotopic (exact) mass is 201 g/mol. The number of hydrogen-bond acceptors (Lipinski definition) is 3. The van der Waals surface area contributed by atoms with Gasteiger partial charge in [0.1, 0.15) is 11.8 Å². The van der Waals surface area contributed by atoms with Crippen LogP contribution in [-0.2, 0) is 4.79 Å². The predicted octanol–water partition coefficient (Wildman–Crippen LogP) is 1.13. The molecule has 0 aromatic heterocycles.